The fourth-order valence-electron chi connectivity index (χ4n) is 1.36. The Kier molecular flexibility index (Phi) is 6.09. The Morgan fingerprint density at radius 2 is 1.79 bits per heavy atom. The van der Waals surface area contributed by atoms with Crippen LogP contribution in [0.15, 0.2) is 49.1 Å². The Balaban J connectivity index is 2.41. The van der Waals surface area contributed by atoms with E-state index in [0.717, 1.165) is 6.42 Å². The molecule has 0 atom stereocenters. The molecule has 0 aromatic heterocycles. The standard InChI is InChI=1S/C15H16O4/c1-2-3-4-5-6-11-19-15(18)13-9-7-12(8-10-13)14(16)17/h2,4-5,7-10H,1,3,6,11H2,(H,16,17). The van der Waals surface area contributed by atoms with Crippen LogP contribution in [0.1, 0.15) is 33.6 Å². The predicted molar refractivity (Wildman–Crippen MR) is 72.3 cm³/mol. The molecule has 1 rings (SSSR count). The van der Waals surface area contributed by atoms with Crippen molar-refractivity contribution in [2.75, 3.05) is 6.61 Å². The van der Waals surface area contributed by atoms with Crippen molar-refractivity contribution in [3.05, 3.63) is 60.2 Å². The first-order valence-corrected chi connectivity index (χ1v) is 5.91. The van der Waals surface area contributed by atoms with E-state index in [0.29, 0.717) is 18.6 Å². The second-order valence-corrected chi connectivity index (χ2v) is 3.80. The van der Waals surface area contributed by atoms with Crippen molar-refractivity contribution in [3.8, 4) is 0 Å². The summed E-state index contributed by atoms with van der Waals surface area (Å²) in [6.07, 6.45) is 7.09. The van der Waals surface area contributed by atoms with Gasteiger partial charge in [-0.05, 0) is 37.1 Å². The molecule has 0 saturated heterocycles. The molecule has 100 valence electrons. The lowest BCUT2D eigenvalue weighted by Gasteiger charge is -2.03. The van der Waals surface area contributed by atoms with Crippen molar-refractivity contribution in [1.29, 1.82) is 0 Å². The average molecular weight is 260 g/mol. The number of benzene rings is 1. The zero-order chi connectivity index (χ0) is 14.1. The average Bonchev–Trinajstić information content (AvgIpc) is 2.42. The molecule has 1 aromatic rings. The highest BCUT2D eigenvalue weighted by atomic mass is 16.5. The summed E-state index contributed by atoms with van der Waals surface area (Å²) >= 11 is 0. The molecule has 1 N–H and O–H groups in total. The van der Waals surface area contributed by atoms with E-state index in [2.05, 4.69) is 6.58 Å². The first kappa shape index (κ1) is 14.7. The highest BCUT2D eigenvalue weighted by Crippen LogP contribution is 2.06. The molecule has 0 radical (unpaired) electrons. The van der Waals surface area contributed by atoms with Crippen LogP contribution >= 0.6 is 0 Å². The van der Waals surface area contributed by atoms with Crippen molar-refractivity contribution < 1.29 is 19.4 Å². The minimum atomic E-state index is -1.02. The van der Waals surface area contributed by atoms with Crippen LogP contribution in [-0.4, -0.2) is 23.7 Å². The molecular weight excluding hydrogens is 244 g/mol. The number of rotatable bonds is 7. The number of ether oxygens (including phenoxy) is 1. The van der Waals surface area contributed by atoms with Crippen molar-refractivity contribution in [2.45, 2.75) is 12.8 Å². The van der Waals surface area contributed by atoms with Gasteiger partial charge >= 0.3 is 11.9 Å². The number of hydrogen-bond donors (Lipinski definition) is 1. The van der Waals surface area contributed by atoms with Crippen molar-refractivity contribution in [3.63, 3.8) is 0 Å². The van der Waals surface area contributed by atoms with Crippen LogP contribution in [-0.2, 0) is 4.74 Å². The third-order valence-corrected chi connectivity index (χ3v) is 2.35. The maximum atomic E-state index is 11.6. The molecule has 0 saturated carbocycles. The van der Waals surface area contributed by atoms with Crippen molar-refractivity contribution in [1.82, 2.24) is 0 Å². The van der Waals surface area contributed by atoms with E-state index in [1.54, 1.807) is 6.08 Å². The van der Waals surface area contributed by atoms with Gasteiger partial charge in [-0.2, -0.15) is 0 Å². The summed E-state index contributed by atoms with van der Waals surface area (Å²) in [5.74, 6) is -1.47. The molecule has 0 fully saturated rings. The first-order chi connectivity index (χ1) is 9.15. The quantitative estimate of drug-likeness (QED) is 0.465. The van der Waals surface area contributed by atoms with E-state index in [9.17, 15) is 9.59 Å². The summed E-state index contributed by atoms with van der Waals surface area (Å²) in [5, 5.41) is 8.73. The minimum Gasteiger partial charge on any atom is -0.478 e. The van der Waals surface area contributed by atoms with Crippen LogP contribution in [0.3, 0.4) is 0 Å². The molecule has 0 aliphatic heterocycles. The predicted octanol–water partition coefficient (Wildman–Crippen LogP) is 3.06. The van der Waals surface area contributed by atoms with Gasteiger partial charge in [-0.15, -0.1) is 6.58 Å². The molecule has 0 aliphatic carbocycles. The van der Waals surface area contributed by atoms with Gasteiger partial charge < -0.3 is 9.84 Å². The van der Waals surface area contributed by atoms with Crippen LogP contribution in [0.4, 0.5) is 0 Å². The number of carbonyl (C=O) groups is 2. The second-order valence-electron chi connectivity index (χ2n) is 3.80. The number of aromatic carboxylic acids is 1. The van der Waals surface area contributed by atoms with Gasteiger partial charge in [0.1, 0.15) is 0 Å². The van der Waals surface area contributed by atoms with Gasteiger partial charge in [0.05, 0.1) is 17.7 Å². The monoisotopic (exact) mass is 260 g/mol. The van der Waals surface area contributed by atoms with Crippen LogP contribution in [0.25, 0.3) is 0 Å². The Bertz CT molecular complexity index is 471. The van der Waals surface area contributed by atoms with Crippen LogP contribution in [0, 0.1) is 0 Å². The minimum absolute atomic E-state index is 0.143. The van der Waals surface area contributed by atoms with Crippen LogP contribution in [0.5, 0.6) is 0 Å². The fraction of sp³-hybridized carbons (Fsp3) is 0.200. The van der Waals surface area contributed by atoms with Gasteiger partial charge in [0.15, 0.2) is 0 Å². The lowest BCUT2D eigenvalue weighted by Crippen LogP contribution is -2.06. The molecular formula is C15H16O4. The first-order valence-electron chi connectivity index (χ1n) is 5.91. The number of esters is 1. The third kappa shape index (κ3) is 5.21. The maximum Gasteiger partial charge on any atom is 0.338 e. The lowest BCUT2D eigenvalue weighted by atomic mass is 10.1. The molecule has 0 amide bonds. The summed E-state index contributed by atoms with van der Waals surface area (Å²) in [4.78, 5) is 22.3. The smallest absolute Gasteiger partial charge is 0.338 e. The Morgan fingerprint density at radius 1 is 1.16 bits per heavy atom. The number of hydrogen-bond acceptors (Lipinski definition) is 3. The van der Waals surface area contributed by atoms with Crippen molar-refractivity contribution >= 4 is 11.9 Å². The van der Waals surface area contributed by atoms with Gasteiger partial charge in [0.2, 0.25) is 0 Å². The van der Waals surface area contributed by atoms with Gasteiger partial charge in [-0.3, -0.25) is 0 Å². The Hall–Kier alpha value is -2.36. The van der Waals surface area contributed by atoms with Gasteiger partial charge in [-0.25, -0.2) is 9.59 Å². The molecule has 0 aliphatic rings. The largest absolute Gasteiger partial charge is 0.478 e. The Labute approximate surface area is 112 Å². The van der Waals surface area contributed by atoms with Crippen LogP contribution < -0.4 is 0 Å². The number of carboxylic acids is 1. The van der Waals surface area contributed by atoms with Gasteiger partial charge in [0.25, 0.3) is 0 Å². The zero-order valence-electron chi connectivity index (χ0n) is 10.5. The lowest BCUT2D eigenvalue weighted by molar-refractivity contribution is 0.0510. The molecule has 0 unspecified atom stereocenters. The number of allylic oxidation sites excluding steroid dienone is 2. The highest BCUT2D eigenvalue weighted by Gasteiger charge is 2.08. The van der Waals surface area contributed by atoms with Crippen LogP contribution in [0.2, 0.25) is 0 Å². The van der Waals surface area contributed by atoms with E-state index in [4.69, 9.17) is 9.84 Å². The molecule has 4 nitrogen and oxygen atoms in total. The summed E-state index contributed by atoms with van der Waals surface area (Å²) in [5.41, 5.74) is 0.490. The summed E-state index contributed by atoms with van der Waals surface area (Å²) < 4.78 is 5.05. The molecule has 0 spiro atoms. The van der Waals surface area contributed by atoms with E-state index in [1.807, 2.05) is 12.2 Å². The molecule has 0 bridgehead atoms. The molecule has 4 heteroatoms. The summed E-state index contributed by atoms with van der Waals surface area (Å²) in [6.45, 7) is 3.89. The fourth-order valence-corrected chi connectivity index (χ4v) is 1.36. The van der Waals surface area contributed by atoms with Gasteiger partial charge in [-0.1, -0.05) is 18.2 Å². The maximum absolute atomic E-state index is 11.6. The molecule has 1 aromatic carbocycles. The van der Waals surface area contributed by atoms with E-state index >= 15 is 0 Å². The SMILES string of the molecule is C=CCC=CCCOC(=O)c1ccc(C(=O)O)cc1. The van der Waals surface area contributed by atoms with Crippen molar-refractivity contribution in [2.24, 2.45) is 0 Å². The zero-order valence-corrected chi connectivity index (χ0v) is 10.5. The Morgan fingerprint density at radius 3 is 2.37 bits per heavy atom. The summed E-state index contributed by atoms with van der Waals surface area (Å²) in [7, 11) is 0. The molecule has 0 heterocycles. The third-order valence-electron chi connectivity index (χ3n) is 2.35. The summed E-state index contributed by atoms with van der Waals surface area (Å²) in [6, 6.07) is 5.64. The van der Waals surface area contributed by atoms with Gasteiger partial charge in [0, 0.05) is 0 Å². The highest BCUT2D eigenvalue weighted by molar-refractivity contribution is 5.92. The topological polar surface area (TPSA) is 63.6 Å². The molecule has 19 heavy (non-hydrogen) atoms. The van der Waals surface area contributed by atoms with E-state index < -0.39 is 11.9 Å². The number of carbonyl (C=O) groups excluding carboxylic acids is 1. The van der Waals surface area contributed by atoms with E-state index in [1.165, 1.54) is 24.3 Å². The number of carboxylic acid groups (broad SMARTS) is 1. The second kappa shape index (κ2) is 7.87. The van der Waals surface area contributed by atoms with E-state index in [-0.39, 0.29) is 5.56 Å². The normalized spacial score (nSPS) is 10.3.